The first-order valence-electron chi connectivity index (χ1n) is 6.75. The molecule has 0 spiro atoms. The summed E-state index contributed by atoms with van der Waals surface area (Å²) in [6.07, 6.45) is 5.46. The molecule has 2 aromatic rings. The molecule has 0 radical (unpaired) electrons. The number of amides is 1. The average molecular weight is 361 g/mol. The number of hydrogen-bond donors (Lipinski definition) is 2. The van der Waals surface area contributed by atoms with E-state index < -0.39 is 6.04 Å². The van der Waals surface area contributed by atoms with Crippen molar-refractivity contribution in [2.45, 2.75) is 19.1 Å². The lowest BCUT2D eigenvalue weighted by Crippen LogP contribution is -2.43. The number of ether oxygens (including phenoxy) is 1. The van der Waals surface area contributed by atoms with E-state index in [0.717, 1.165) is 12.1 Å². The van der Waals surface area contributed by atoms with Gasteiger partial charge in [-0.15, -0.1) is 24.8 Å². The van der Waals surface area contributed by atoms with Gasteiger partial charge in [0.1, 0.15) is 6.04 Å². The lowest BCUT2D eigenvalue weighted by molar-refractivity contribution is -0.123. The third-order valence-corrected chi connectivity index (χ3v) is 3.10. The molecule has 0 saturated carbocycles. The Morgan fingerprint density at radius 1 is 1.30 bits per heavy atom. The largest absolute Gasteiger partial charge is 0.383 e. The fraction of sp³-hybridized carbons (Fsp3) is 0.333. The van der Waals surface area contributed by atoms with Crippen LogP contribution in [-0.2, 0) is 22.6 Å². The molecule has 23 heavy (non-hydrogen) atoms. The molecule has 0 bridgehead atoms. The van der Waals surface area contributed by atoms with E-state index in [2.05, 4.69) is 10.3 Å². The molecule has 1 unspecified atom stereocenters. The molecule has 0 saturated heterocycles. The number of aromatic nitrogens is 2. The van der Waals surface area contributed by atoms with Gasteiger partial charge in [-0.05, 0) is 11.1 Å². The summed E-state index contributed by atoms with van der Waals surface area (Å²) in [5, 5.41) is 2.79. The van der Waals surface area contributed by atoms with Gasteiger partial charge in [0, 0.05) is 32.6 Å². The summed E-state index contributed by atoms with van der Waals surface area (Å²) in [5.41, 5.74) is 7.86. The zero-order valence-electron chi connectivity index (χ0n) is 12.8. The van der Waals surface area contributed by atoms with E-state index in [1.165, 1.54) is 12.7 Å². The van der Waals surface area contributed by atoms with Crippen LogP contribution in [0, 0.1) is 0 Å². The molecule has 2 rings (SSSR count). The van der Waals surface area contributed by atoms with Crippen molar-refractivity contribution in [1.29, 1.82) is 0 Å². The lowest BCUT2D eigenvalue weighted by Gasteiger charge is -2.11. The maximum atomic E-state index is 11.7. The van der Waals surface area contributed by atoms with Gasteiger partial charge in [0.2, 0.25) is 5.91 Å². The predicted molar refractivity (Wildman–Crippen MR) is 94.0 cm³/mol. The van der Waals surface area contributed by atoms with E-state index in [-0.39, 0.29) is 37.3 Å². The highest BCUT2D eigenvalue weighted by Crippen LogP contribution is 2.06. The molecule has 1 atom stereocenters. The molecule has 1 amide bonds. The number of carbonyl (C=O) groups is 1. The smallest absolute Gasteiger partial charge is 0.239 e. The highest BCUT2D eigenvalue weighted by molar-refractivity contribution is 5.85. The van der Waals surface area contributed by atoms with E-state index in [4.69, 9.17) is 10.5 Å². The second-order valence-electron chi connectivity index (χ2n) is 4.83. The van der Waals surface area contributed by atoms with Crippen molar-refractivity contribution in [2.75, 3.05) is 13.7 Å². The van der Waals surface area contributed by atoms with Gasteiger partial charge < -0.3 is 20.4 Å². The van der Waals surface area contributed by atoms with E-state index >= 15 is 0 Å². The third-order valence-electron chi connectivity index (χ3n) is 3.10. The van der Waals surface area contributed by atoms with Crippen LogP contribution in [0.5, 0.6) is 0 Å². The average Bonchev–Trinajstić information content (AvgIpc) is 2.99. The lowest BCUT2D eigenvalue weighted by atomic mass is 10.1. The summed E-state index contributed by atoms with van der Waals surface area (Å²) < 4.78 is 6.85. The molecule has 0 aliphatic rings. The Balaban J connectivity index is 0.00000242. The Hall–Kier alpha value is -1.60. The van der Waals surface area contributed by atoms with Gasteiger partial charge in [0.25, 0.3) is 0 Å². The third kappa shape index (κ3) is 7.00. The summed E-state index contributed by atoms with van der Waals surface area (Å²) >= 11 is 0. The van der Waals surface area contributed by atoms with Gasteiger partial charge in [-0.1, -0.05) is 24.3 Å². The maximum absolute atomic E-state index is 11.7. The minimum Gasteiger partial charge on any atom is -0.383 e. The number of rotatable bonds is 7. The van der Waals surface area contributed by atoms with E-state index in [9.17, 15) is 4.79 Å². The molecule has 128 valence electrons. The minimum absolute atomic E-state index is 0. The van der Waals surface area contributed by atoms with E-state index in [1.54, 1.807) is 12.5 Å². The Kier molecular flexibility index (Phi) is 10.2. The molecule has 6 nitrogen and oxygen atoms in total. The van der Waals surface area contributed by atoms with Gasteiger partial charge in [-0.2, -0.15) is 0 Å². The van der Waals surface area contributed by atoms with Crippen LogP contribution in [0.15, 0.2) is 43.0 Å². The number of hydrogen-bond acceptors (Lipinski definition) is 4. The number of methoxy groups -OCH3 is 1. The van der Waals surface area contributed by atoms with Crippen molar-refractivity contribution >= 4 is 30.7 Å². The molecule has 1 heterocycles. The highest BCUT2D eigenvalue weighted by atomic mass is 35.5. The number of nitrogens with zero attached hydrogens (tertiary/aromatic N) is 2. The molecule has 8 heteroatoms. The van der Waals surface area contributed by atoms with Gasteiger partial charge in [-0.3, -0.25) is 4.79 Å². The maximum Gasteiger partial charge on any atom is 0.239 e. The number of benzene rings is 1. The Labute approximate surface area is 148 Å². The van der Waals surface area contributed by atoms with Crippen molar-refractivity contribution in [1.82, 2.24) is 14.9 Å². The van der Waals surface area contributed by atoms with Gasteiger partial charge in [0.05, 0.1) is 12.9 Å². The molecule has 0 aliphatic carbocycles. The van der Waals surface area contributed by atoms with Crippen LogP contribution in [-0.4, -0.2) is 35.2 Å². The molecular weight excluding hydrogens is 339 g/mol. The molecule has 1 aromatic carbocycles. The van der Waals surface area contributed by atoms with Crippen LogP contribution in [0.2, 0.25) is 0 Å². The van der Waals surface area contributed by atoms with Crippen LogP contribution in [0.4, 0.5) is 0 Å². The first-order chi connectivity index (χ1) is 10.2. The zero-order valence-corrected chi connectivity index (χ0v) is 14.5. The molecule has 3 N–H and O–H groups in total. The number of nitrogens with two attached hydrogens (primary N) is 1. The van der Waals surface area contributed by atoms with Crippen LogP contribution in [0.25, 0.3) is 0 Å². The predicted octanol–water partition coefficient (Wildman–Crippen LogP) is 1.36. The fourth-order valence-electron chi connectivity index (χ4n) is 1.93. The van der Waals surface area contributed by atoms with Crippen LogP contribution in [0.1, 0.15) is 11.1 Å². The Bertz CT molecular complexity index is 561. The van der Waals surface area contributed by atoms with Crippen molar-refractivity contribution in [3.8, 4) is 0 Å². The summed E-state index contributed by atoms with van der Waals surface area (Å²) in [5.74, 6) is -0.209. The quantitative estimate of drug-likeness (QED) is 0.780. The van der Waals surface area contributed by atoms with Crippen molar-refractivity contribution in [3.05, 3.63) is 54.1 Å². The van der Waals surface area contributed by atoms with Gasteiger partial charge >= 0.3 is 0 Å². The van der Waals surface area contributed by atoms with Gasteiger partial charge in [-0.25, -0.2) is 4.98 Å². The van der Waals surface area contributed by atoms with Crippen molar-refractivity contribution < 1.29 is 9.53 Å². The van der Waals surface area contributed by atoms with Gasteiger partial charge in [0.15, 0.2) is 0 Å². The SMILES string of the molecule is COCC(N)C(=O)NCc1ccc(Cn2ccnc2)cc1.Cl.Cl. The standard InChI is InChI=1S/C15H20N4O2.2ClH/c1-21-10-14(16)15(20)18-8-12-2-4-13(5-3-12)9-19-7-6-17-11-19;;/h2-7,11,14H,8-10,16H2,1H3,(H,18,20);2*1H. The topological polar surface area (TPSA) is 82.2 Å². The van der Waals surface area contributed by atoms with Crippen molar-refractivity contribution in [2.24, 2.45) is 5.73 Å². The van der Waals surface area contributed by atoms with Crippen LogP contribution in [0.3, 0.4) is 0 Å². The number of nitrogens with one attached hydrogen (secondary N) is 1. The monoisotopic (exact) mass is 360 g/mol. The summed E-state index contributed by atoms with van der Waals surface area (Å²) in [4.78, 5) is 15.7. The highest BCUT2D eigenvalue weighted by Gasteiger charge is 2.12. The van der Waals surface area contributed by atoms with E-state index in [0.29, 0.717) is 6.54 Å². The minimum atomic E-state index is -0.629. The number of imidazole rings is 1. The van der Waals surface area contributed by atoms with Crippen LogP contribution < -0.4 is 11.1 Å². The normalized spacial score (nSPS) is 11.0. The van der Waals surface area contributed by atoms with E-state index in [1.807, 2.05) is 35.0 Å². The zero-order chi connectivity index (χ0) is 15.1. The second-order valence-corrected chi connectivity index (χ2v) is 4.83. The molecule has 0 aliphatic heterocycles. The fourth-order valence-corrected chi connectivity index (χ4v) is 1.93. The summed E-state index contributed by atoms with van der Waals surface area (Å²) in [6.45, 7) is 1.46. The number of halogens is 2. The first-order valence-corrected chi connectivity index (χ1v) is 6.75. The summed E-state index contributed by atoms with van der Waals surface area (Å²) in [7, 11) is 1.52. The Morgan fingerprint density at radius 3 is 2.52 bits per heavy atom. The number of carbonyl (C=O) groups excluding carboxylic acids is 1. The molecule has 0 fully saturated rings. The first kappa shape index (κ1) is 21.4. The molecule has 1 aromatic heterocycles. The van der Waals surface area contributed by atoms with Crippen molar-refractivity contribution in [3.63, 3.8) is 0 Å². The van der Waals surface area contributed by atoms with Crippen LogP contribution >= 0.6 is 24.8 Å². The second kappa shape index (κ2) is 11.0. The Morgan fingerprint density at radius 2 is 1.96 bits per heavy atom. The molecular formula is C15H22Cl2N4O2. The summed E-state index contributed by atoms with van der Waals surface area (Å²) in [6, 6.07) is 7.44.